The number of rotatable bonds is 4. The number of hydrogen-bond donors (Lipinski definition) is 1. The van der Waals surface area contributed by atoms with Crippen LogP contribution in [0.4, 0.5) is 10.5 Å². The van der Waals surface area contributed by atoms with Crippen molar-refractivity contribution in [3.05, 3.63) is 23.0 Å². The monoisotopic (exact) mass is 369 g/mol. The van der Waals surface area contributed by atoms with E-state index in [-0.39, 0.29) is 23.9 Å². The van der Waals surface area contributed by atoms with Crippen LogP contribution in [0.25, 0.3) is 0 Å². The topological polar surface area (TPSA) is 80.8 Å². The lowest BCUT2D eigenvalue weighted by Gasteiger charge is -2.24. The lowest BCUT2D eigenvalue weighted by atomic mass is 10.2. The summed E-state index contributed by atoms with van der Waals surface area (Å²) < 4.78 is 10.4. The fourth-order valence-electron chi connectivity index (χ4n) is 2.51. The van der Waals surface area contributed by atoms with Crippen molar-refractivity contribution in [2.75, 3.05) is 25.0 Å². The van der Waals surface area contributed by atoms with E-state index in [2.05, 4.69) is 10.3 Å². The highest BCUT2D eigenvalue weighted by Crippen LogP contribution is 2.24. The highest BCUT2D eigenvalue weighted by atomic mass is 35.5. The summed E-state index contributed by atoms with van der Waals surface area (Å²) in [6, 6.07) is 1.57. The highest BCUT2D eigenvalue weighted by Gasteiger charge is 2.30. The van der Waals surface area contributed by atoms with Gasteiger partial charge in [0.25, 0.3) is 0 Å². The molecule has 25 heavy (non-hydrogen) atoms. The van der Waals surface area contributed by atoms with Crippen molar-refractivity contribution < 1.29 is 19.1 Å². The van der Waals surface area contributed by atoms with Gasteiger partial charge in [-0.25, -0.2) is 14.6 Å². The molecule has 1 atom stereocenters. The standard InChI is InChI=1S/C17H24ClN3O4/c1-5-24-15(22)12-9-19-14(18)8-13(12)20-11-6-7-21(10-11)16(23)25-17(2,3)4/h8-9,11H,5-7,10H2,1-4H3,(H,19,20). The van der Waals surface area contributed by atoms with Gasteiger partial charge in [-0.2, -0.15) is 0 Å². The molecule has 2 heterocycles. The van der Waals surface area contributed by atoms with E-state index in [0.29, 0.717) is 24.3 Å². The van der Waals surface area contributed by atoms with Gasteiger partial charge in [0.1, 0.15) is 16.3 Å². The number of carbonyl (C=O) groups excluding carboxylic acids is 2. The van der Waals surface area contributed by atoms with Crippen molar-refractivity contribution in [3.8, 4) is 0 Å². The number of anilines is 1. The molecule has 0 aromatic carbocycles. The number of carbonyl (C=O) groups is 2. The van der Waals surface area contributed by atoms with Crippen molar-refractivity contribution in [3.63, 3.8) is 0 Å². The Bertz CT molecular complexity index is 645. The molecule has 1 aliphatic rings. The van der Waals surface area contributed by atoms with Gasteiger partial charge >= 0.3 is 12.1 Å². The van der Waals surface area contributed by atoms with Crippen LogP contribution >= 0.6 is 11.6 Å². The summed E-state index contributed by atoms with van der Waals surface area (Å²) in [5, 5.41) is 3.54. The molecular weight excluding hydrogens is 346 g/mol. The van der Waals surface area contributed by atoms with Crippen LogP contribution in [0.3, 0.4) is 0 Å². The fraction of sp³-hybridized carbons (Fsp3) is 0.588. The van der Waals surface area contributed by atoms with E-state index >= 15 is 0 Å². The summed E-state index contributed by atoms with van der Waals surface area (Å²) in [4.78, 5) is 29.8. The molecule has 1 fully saturated rings. The fourth-order valence-corrected chi connectivity index (χ4v) is 2.67. The number of ether oxygens (including phenoxy) is 2. The summed E-state index contributed by atoms with van der Waals surface area (Å²) in [6.45, 7) is 8.59. The molecule has 0 bridgehead atoms. The third-order valence-corrected chi connectivity index (χ3v) is 3.77. The quantitative estimate of drug-likeness (QED) is 0.647. The largest absolute Gasteiger partial charge is 0.462 e. The molecular formula is C17H24ClN3O4. The van der Waals surface area contributed by atoms with Gasteiger partial charge in [-0.1, -0.05) is 11.6 Å². The molecule has 7 nitrogen and oxygen atoms in total. The Balaban J connectivity index is 2.05. The molecule has 1 aliphatic heterocycles. The van der Waals surface area contributed by atoms with Crippen molar-refractivity contribution >= 4 is 29.4 Å². The minimum absolute atomic E-state index is 0.0147. The molecule has 2 rings (SSSR count). The number of esters is 1. The third-order valence-electron chi connectivity index (χ3n) is 3.57. The van der Waals surface area contributed by atoms with Gasteiger partial charge in [-0.05, 0) is 40.2 Å². The minimum atomic E-state index is -0.529. The Morgan fingerprint density at radius 3 is 2.80 bits per heavy atom. The van der Waals surface area contributed by atoms with Crippen LogP contribution in [0.2, 0.25) is 5.15 Å². The average molecular weight is 370 g/mol. The second kappa shape index (κ2) is 7.91. The number of hydrogen-bond acceptors (Lipinski definition) is 6. The second-order valence-corrected chi connectivity index (χ2v) is 7.22. The Morgan fingerprint density at radius 1 is 1.44 bits per heavy atom. The van der Waals surface area contributed by atoms with Crippen LogP contribution in [0.1, 0.15) is 44.5 Å². The van der Waals surface area contributed by atoms with Crippen LogP contribution < -0.4 is 5.32 Å². The number of nitrogens with zero attached hydrogens (tertiary/aromatic N) is 2. The predicted octanol–water partition coefficient (Wildman–Crippen LogP) is 3.33. The summed E-state index contributed by atoms with van der Waals surface area (Å²) in [6.07, 6.45) is 1.79. The maximum atomic E-state index is 12.1. The smallest absolute Gasteiger partial charge is 0.410 e. The number of aromatic nitrogens is 1. The van der Waals surface area contributed by atoms with E-state index in [4.69, 9.17) is 21.1 Å². The van der Waals surface area contributed by atoms with E-state index < -0.39 is 11.6 Å². The number of halogens is 1. The molecule has 138 valence electrons. The van der Waals surface area contributed by atoms with Gasteiger partial charge in [0, 0.05) is 25.3 Å². The molecule has 0 aliphatic carbocycles. The molecule has 1 saturated heterocycles. The van der Waals surface area contributed by atoms with E-state index in [0.717, 1.165) is 6.42 Å². The highest BCUT2D eigenvalue weighted by molar-refractivity contribution is 6.29. The molecule has 1 aromatic heterocycles. The summed E-state index contributed by atoms with van der Waals surface area (Å²) in [7, 11) is 0. The maximum Gasteiger partial charge on any atom is 0.410 e. The van der Waals surface area contributed by atoms with Gasteiger partial charge in [-0.3, -0.25) is 0 Å². The number of nitrogens with one attached hydrogen (secondary N) is 1. The van der Waals surface area contributed by atoms with Gasteiger partial charge in [0.15, 0.2) is 0 Å². The van der Waals surface area contributed by atoms with Crippen LogP contribution in [-0.2, 0) is 9.47 Å². The first-order chi connectivity index (χ1) is 11.7. The lowest BCUT2D eigenvalue weighted by Crippen LogP contribution is -2.36. The number of amides is 1. The molecule has 0 spiro atoms. The Kier molecular flexibility index (Phi) is 6.11. The summed E-state index contributed by atoms with van der Waals surface area (Å²) >= 11 is 5.95. The van der Waals surface area contributed by atoms with Crippen molar-refractivity contribution in [1.29, 1.82) is 0 Å². The molecule has 8 heteroatoms. The predicted molar refractivity (Wildman–Crippen MR) is 95.0 cm³/mol. The Labute approximate surface area is 152 Å². The summed E-state index contributed by atoms with van der Waals surface area (Å²) in [5.41, 5.74) is 0.342. The zero-order valence-electron chi connectivity index (χ0n) is 15.0. The molecule has 0 radical (unpaired) electrons. The van der Waals surface area contributed by atoms with Crippen LogP contribution in [0.5, 0.6) is 0 Å². The second-order valence-electron chi connectivity index (χ2n) is 6.83. The van der Waals surface area contributed by atoms with E-state index in [1.807, 2.05) is 20.8 Å². The molecule has 1 amide bonds. The molecule has 0 saturated carbocycles. The Hall–Kier alpha value is -2.02. The molecule has 1 N–H and O–H groups in total. The first kappa shape index (κ1) is 19.3. The van der Waals surface area contributed by atoms with Crippen molar-refractivity contribution in [2.24, 2.45) is 0 Å². The maximum absolute atomic E-state index is 12.1. The SMILES string of the molecule is CCOC(=O)c1cnc(Cl)cc1NC1CCN(C(=O)OC(C)(C)C)C1. The normalized spacial score (nSPS) is 17.3. The number of likely N-dealkylation sites (tertiary alicyclic amines) is 1. The first-order valence-electron chi connectivity index (χ1n) is 8.26. The molecule has 1 unspecified atom stereocenters. The van der Waals surface area contributed by atoms with Gasteiger partial charge in [-0.15, -0.1) is 0 Å². The Morgan fingerprint density at radius 2 is 2.16 bits per heavy atom. The summed E-state index contributed by atoms with van der Waals surface area (Å²) in [5.74, 6) is -0.462. The number of pyridine rings is 1. The zero-order chi connectivity index (χ0) is 18.6. The lowest BCUT2D eigenvalue weighted by molar-refractivity contribution is 0.0293. The average Bonchev–Trinajstić information content (AvgIpc) is 2.94. The van der Waals surface area contributed by atoms with E-state index in [1.54, 1.807) is 17.9 Å². The van der Waals surface area contributed by atoms with E-state index in [1.165, 1.54) is 6.20 Å². The first-order valence-corrected chi connectivity index (χ1v) is 8.64. The van der Waals surface area contributed by atoms with Gasteiger partial charge < -0.3 is 19.7 Å². The van der Waals surface area contributed by atoms with Crippen LogP contribution in [-0.4, -0.2) is 53.3 Å². The molecule has 1 aromatic rings. The van der Waals surface area contributed by atoms with Gasteiger partial charge in [0.2, 0.25) is 0 Å². The minimum Gasteiger partial charge on any atom is -0.462 e. The zero-order valence-corrected chi connectivity index (χ0v) is 15.7. The van der Waals surface area contributed by atoms with Crippen LogP contribution in [0, 0.1) is 0 Å². The van der Waals surface area contributed by atoms with Crippen molar-refractivity contribution in [1.82, 2.24) is 9.88 Å². The third kappa shape index (κ3) is 5.49. The van der Waals surface area contributed by atoms with Crippen LogP contribution in [0.15, 0.2) is 12.3 Å². The van der Waals surface area contributed by atoms with Gasteiger partial charge in [0.05, 0.1) is 12.3 Å². The van der Waals surface area contributed by atoms with E-state index in [9.17, 15) is 9.59 Å². The van der Waals surface area contributed by atoms with Crippen molar-refractivity contribution in [2.45, 2.75) is 45.8 Å².